The molecule has 0 aromatic heterocycles. The van der Waals surface area contributed by atoms with Gasteiger partial charge in [-0.3, -0.25) is 15.1 Å². The smallest absolute Gasteiger partial charge is 0.748 e. The Morgan fingerprint density at radius 2 is 1.36 bits per heavy atom. The number of rotatable bonds is 26. The fourth-order valence-electron chi connectivity index (χ4n) is 10.1. The van der Waals surface area contributed by atoms with E-state index in [2.05, 4.69) is 41.1 Å². The van der Waals surface area contributed by atoms with E-state index in [-0.39, 0.29) is 176 Å². The molecule has 0 unspecified atom stereocenters. The van der Waals surface area contributed by atoms with Gasteiger partial charge in [0, 0.05) is 80.8 Å². The fourth-order valence-corrected chi connectivity index (χ4v) is 13.3. The molecule has 0 saturated carbocycles. The second-order valence-electron chi connectivity index (χ2n) is 18.8. The molecule has 2 heterocycles. The van der Waals surface area contributed by atoms with Gasteiger partial charge in [0.25, 0.3) is 0 Å². The molecule has 31 heteroatoms. The largest absolute Gasteiger partial charge is 1.00 e. The predicted molar refractivity (Wildman–Crippen MR) is 276 cm³/mol. The Morgan fingerprint density at radius 3 is 2.00 bits per heavy atom. The summed E-state index contributed by atoms with van der Waals surface area (Å²) in [6.07, 6.45) is 11.7. The summed E-state index contributed by atoms with van der Waals surface area (Å²) < 4.78 is 127. The van der Waals surface area contributed by atoms with Crippen LogP contribution in [0.1, 0.15) is 89.0 Å². The van der Waals surface area contributed by atoms with Crippen LogP contribution in [0, 0.1) is 0 Å². The molecule has 0 saturated heterocycles. The van der Waals surface area contributed by atoms with Crippen molar-refractivity contribution >= 4 is 111 Å². The minimum atomic E-state index is -5.10. The van der Waals surface area contributed by atoms with Crippen LogP contribution in [0.4, 0.5) is 11.4 Å². The number of allylic oxidation sites excluding steroid dienone is 6. The molecule has 5 aromatic rings. The first-order chi connectivity index (χ1) is 36.0. The molecular weight excluding hydrogens is 1220 g/mol. The number of hydrogen-bond donors (Lipinski definition) is 0. The van der Waals surface area contributed by atoms with Crippen LogP contribution in [0.3, 0.4) is 0 Å². The number of unbranched alkanes of at least 4 members (excludes halogenated alkanes) is 2. The van der Waals surface area contributed by atoms with Crippen LogP contribution < -0.4 is 168 Å². The quantitative estimate of drug-likeness (QED) is 0.00726. The van der Waals surface area contributed by atoms with E-state index >= 15 is 0 Å². The van der Waals surface area contributed by atoms with E-state index in [4.69, 9.17) is 0 Å². The average molecular weight is 1280 g/mol. The second-order valence-corrected chi connectivity index (χ2v) is 25.4. The molecule has 0 spiro atoms. The minimum Gasteiger partial charge on any atom is -0.748 e. The Labute approximate surface area is 595 Å². The van der Waals surface area contributed by atoms with Gasteiger partial charge in [-0.15, -0.1) is 0 Å². The minimum absolute atomic E-state index is 0. The fraction of sp³-hybridized carbons (Fsp3) is 0.340. The van der Waals surface area contributed by atoms with E-state index < -0.39 is 56.7 Å². The van der Waals surface area contributed by atoms with E-state index in [0.717, 1.165) is 66.7 Å². The van der Waals surface area contributed by atoms with E-state index in [0.29, 0.717) is 92.7 Å². The standard InChI is InChI=1S/C50H56N2O18S6.5Na/c1-6-7-8-12-32-13-9-14-34(27-32)33(15-21-45-50(4,5)48-40-30-36(75(59,60)61)31-43(73-70-67-55)37(40)17-19-41(48)51(45)23-10-25-71-68-65-53)16-22-46-49(2,3)47-39-28-35(72-69-66-54)29-44(76(62,63)64)38(39)18-20-42(47)52(46)24-11-26-74(56,57)58;;;;;/h9,13-22,27-31H,6-8,10-12,23-26H2,1-5H3,(H5-,53,54,55,56,57,58,59,60,61,62,63,64);;;;;/q;5*+1/p-5. The molecule has 7 rings (SSSR count). The van der Waals surface area contributed by atoms with Crippen LogP contribution in [-0.2, 0) is 75.7 Å². The third kappa shape index (κ3) is 19.1. The van der Waals surface area contributed by atoms with Gasteiger partial charge in [-0.05, 0) is 125 Å². The van der Waals surface area contributed by atoms with Crippen molar-refractivity contribution in [3.63, 3.8) is 0 Å². The molecule has 0 fully saturated rings. The van der Waals surface area contributed by atoms with E-state index in [1.807, 2.05) is 85.7 Å². The first-order valence-electron chi connectivity index (χ1n) is 23.5. The number of anilines is 1. The summed E-state index contributed by atoms with van der Waals surface area (Å²) in [6, 6.07) is 19.7. The molecule has 0 amide bonds. The summed E-state index contributed by atoms with van der Waals surface area (Å²) in [4.78, 5) is 0.897. The summed E-state index contributed by atoms with van der Waals surface area (Å²) in [7, 11) is -14.8. The number of fused-ring (bicyclic) bond motifs is 6. The van der Waals surface area contributed by atoms with Gasteiger partial charge in [0.15, 0.2) is 5.71 Å². The summed E-state index contributed by atoms with van der Waals surface area (Å²) in [5.41, 5.74) is 4.33. The molecule has 0 atom stereocenters. The summed E-state index contributed by atoms with van der Waals surface area (Å²) in [5, 5.41) is 44.3. The maximum Gasteiger partial charge on any atom is 1.00 e. The normalized spacial score (nSPS) is 15.3. The SMILES string of the molecule is CCCCCc1cccc(C(=C\C=C2\N(CCCS(=O)(=O)[O-])c3ccc4c(S(=O)(=O)[O-])cc(SOO[O-])cc4c3C2(C)C)/C=C/C2=[N+](CCCSOO[O-])c3ccc4c(SOO[O-])cc(S(=O)(=O)[O-])cc4c3C2(C)C)c1.[Na+].[Na+].[Na+].[Na+].[Na+]. The van der Waals surface area contributed by atoms with Gasteiger partial charge >= 0.3 is 148 Å². The van der Waals surface area contributed by atoms with Crippen molar-refractivity contribution in [2.75, 3.05) is 29.5 Å². The van der Waals surface area contributed by atoms with Crippen LogP contribution in [-0.4, -0.2) is 73.8 Å². The van der Waals surface area contributed by atoms with Gasteiger partial charge in [-0.1, -0.05) is 70.0 Å². The third-order valence-electron chi connectivity index (χ3n) is 13.3. The zero-order chi connectivity index (χ0) is 55.2. The molecule has 20 nitrogen and oxygen atoms in total. The third-order valence-corrected chi connectivity index (χ3v) is 17.6. The molecular formula is C50H51N2Na5O18S6. The van der Waals surface area contributed by atoms with Crippen molar-refractivity contribution in [1.29, 1.82) is 0 Å². The Bertz CT molecular complexity index is 3500. The van der Waals surface area contributed by atoms with E-state index in [1.54, 1.807) is 18.2 Å². The van der Waals surface area contributed by atoms with E-state index in [9.17, 15) is 54.7 Å². The maximum absolute atomic E-state index is 12.7. The molecule has 2 aliphatic heterocycles. The van der Waals surface area contributed by atoms with Crippen LogP contribution in [0.2, 0.25) is 0 Å². The Balaban J connectivity index is 0.00000448. The summed E-state index contributed by atoms with van der Waals surface area (Å²) >= 11 is 1.66. The zero-order valence-corrected chi connectivity index (χ0v) is 61.4. The van der Waals surface area contributed by atoms with Gasteiger partial charge in [0.05, 0.1) is 49.4 Å². The number of aryl methyl sites for hydroxylation is 1. The average Bonchev–Trinajstić information content (AvgIpc) is 3.73. The van der Waals surface area contributed by atoms with E-state index in [1.165, 1.54) is 12.1 Å². The first-order valence-corrected chi connectivity index (χ1v) is 30.3. The van der Waals surface area contributed by atoms with Gasteiger partial charge in [-0.25, -0.2) is 25.3 Å². The molecule has 0 N–H and O–H groups in total. The van der Waals surface area contributed by atoms with Crippen molar-refractivity contribution in [3.8, 4) is 0 Å². The van der Waals surface area contributed by atoms with Crippen molar-refractivity contribution in [1.82, 2.24) is 0 Å². The van der Waals surface area contributed by atoms with Crippen molar-refractivity contribution in [2.24, 2.45) is 0 Å². The van der Waals surface area contributed by atoms with Crippen molar-refractivity contribution in [2.45, 2.75) is 104 Å². The Morgan fingerprint density at radius 1 is 0.691 bits per heavy atom. The molecule has 0 bridgehead atoms. The monoisotopic (exact) mass is 1270 g/mol. The Hall–Kier alpha value is 0.730. The van der Waals surface area contributed by atoms with Gasteiger partial charge in [-0.2, -0.15) is 17.6 Å². The Kier molecular flexibility index (Phi) is 32.7. The van der Waals surface area contributed by atoms with Gasteiger partial charge in [0.2, 0.25) is 5.69 Å². The topological polar surface area (TPSA) is 302 Å². The van der Waals surface area contributed by atoms with Crippen molar-refractivity contribution < 1.29 is 235 Å². The molecule has 81 heavy (non-hydrogen) atoms. The van der Waals surface area contributed by atoms with Crippen molar-refractivity contribution in [3.05, 3.63) is 125 Å². The predicted octanol–water partition coefficient (Wildman–Crippen LogP) is -8.09. The molecule has 0 aliphatic carbocycles. The van der Waals surface area contributed by atoms with Crippen LogP contribution in [0.15, 0.2) is 122 Å². The van der Waals surface area contributed by atoms with Gasteiger partial charge < -0.3 is 34.3 Å². The second kappa shape index (κ2) is 34.1. The molecule has 410 valence electrons. The summed E-state index contributed by atoms with van der Waals surface area (Å²) in [5.74, 6) is -0.354. The zero-order valence-electron chi connectivity index (χ0n) is 46.5. The van der Waals surface area contributed by atoms with Crippen LogP contribution >= 0.6 is 36.1 Å². The molecule has 2 aliphatic rings. The number of benzene rings is 5. The molecule has 5 aromatic carbocycles. The first kappa shape index (κ1) is 77.8. The van der Waals surface area contributed by atoms with Crippen LogP contribution in [0.25, 0.3) is 27.1 Å². The molecule has 0 radical (unpaired) electrons. The summed E-state index contributed by atoms with van der Waals surface area (Å²) in [6.45, 7) is 10.1. The maximum atomic E-state index is 12.7. The van der Waals surface area contributed by atoms with Gasteiger partial charge in [0.1, 0.15) is 26.8 Å². The number of nitrogens with zero attached hydrogens (tertiary/aromatic N) is 2. The number of hydrogen-bond acceptors (Lipinski definition) is 22. The van der Waals surface area contributed by atoms with Crippen LogP contribution in [0.5, 0.6) is 0 Å².